The van der Waals surface area contributed by atoms with E-state index in [0.29, 0.717) is 25.1 Å². The van der Waals surface area contributed by atoms with Crippen LogP contribution in [-0.2, 0) is 29.9 Å². The summed E-state index contributed by atoms with van der Waals surface area (Å²) in [4.78, 5) is 26.0. The minimum absolute atomic E-state index is 0.0206. The van der Waals surface area contributed by atoms with E-state index in [9.17, 15) is 18.0 Å². The second-order valence-corrected chi connectivity index (χ2v) is 11.6. The molecule has 3 aromatic carbocycles. The molecule has 0 atom stereocenters. The number of amides is 3. The third kappa shape index (κ3) is 6.40. The van der Waals surface area contributed by atoms with Gasteiger partial charge in [0.25, 0.3) is 15.9 Å². The van der Waals surface area contributed by atoms with E-state index in [1.807, 2.05) is 7.05 Å². The van der Waals surface area contributed by atoms with Crippen LogP contribution in [0.25, 0.3) is 10.9 Å². The third-order valence-corrected chi connectivity index (χ3v) is 8.35. The average molecular weight is 583 g/mol. The molecule has 210 valence electrons. The summed E-state index contributed by atoms with van der Waals surface area (Å²) in [5.74, 6) is -0.330. The summed E-state index contributed by atoms with van der Waals surface area (Å²) in [5, 5.41) is 3.98. The van der Waals surface area contributed by atoms with Crippen molar-refractivity contribution < 1.29 is 22.7 Å². The normalized spacial score (nSPS) is 11.3. The maximum absolute atomic E-state index is 12.8. The number of sulfonamides is 1. The van der Waals surface area contributed by atoms with Crippen molar-refractivity contribution in [1.82, 2.24) is 19.5 Å². The molecule has 0 aliphatic carbocycles. The second kappa shape index (κ2) is 12.0. The van der Waals surface area contributed by atoms with Gasteiger partial charge < -0.3 is 19.5 Å². The summed E-state index contributed by atoms with van der Waals surface area (Å²) in [7, 11) is 2.73. The van der Waals surface area contributed by atoms with E-state index >= 15 is 0 Å². The molecule has 2 N–H and O–H groups in total. The number of rotatable bonds is 9. The first-order chi connectivity index (χ1) is 19.0. The fourth-order valence-corrected chi connectivity index (χ4v) is 5.92. The number of carbonyl (C=O) groups excluding carboxylic acids is 2. The SMILES string of the molecule is COc1cc(C(=O)NS(=O)(=O)c2ccccc2Cl)ccc1Cc1cn(C)c2ccc(CCNC(=O)N(C)C)cc12. The summed E-state index contributed by atoms with van der Waals surface area (Å²) in [6, 6.07) is 16.9. The number of benzene rings is 3. The molecule has 1 aromatic heterocycles. The topological polar surface area (TPSA) is 110 Å². The van der Waals surface area contributed by atoms with Gasteiger partial charge in [-0.2, -0.15) is 0 Å². The predicted molar refractivity (Wildman–Crippen MR) is 156 cm³/mol. The van der Waals surface area contributed by atoms with Gasteiger partial charge in [0.15, 0.2) is 0 Å². The van der Waals surface area contributed by atoms with E-state index in [1.165, 1.54) is 36.3 Å². The molecule has 0 radical (unpaired) electrons. The number of ether oxygens (including phenoxy) is 1. The van der Waals surface area contributed by atoms with Crippen LogP contribution in [0.3, 0.4) is 0 Å². The van der Waals surface area contributed by atoms with Crippen molar-refractivity contribution in [2.45, 2.75) is 17.7 Å². The van der Waals surface area contributed by atoms with Crippen LogP contribution < -0.4 is 14.8 Å². The smallest absolute Gasteiger partial charge is 0.316 e. The summed E-state index contributed by atoms with van der Waals surface area (Å²) in [5.41, 5.74) is 4.20. The molecule has 0 unspecified atom stereocenters. The van der Waals surface area contributed by atoms with Gasteiger partial charge in [-0.1, -0.05) is 35.9 Å². The number of aryl methyl sites for hydroxylation is 1. The van der Waals surface area contributed by atoms with E-state index in [0.717, 1.165) is 27.6 Å². The first-order valence-corrected chi connectivity index (χ1v) is 14.4. The average Bonchev–Trinajstić information content (AvgIpc) is 3.22. The first kappa shape index (κ1) is 29.0. The number of urea groups is 1. The molecule has 1 heterocycles. The predicted octanol–water partition coefficient (Wildman–Crippen LogP) is 4.36. The van der Waals surface area contributed by atoms with Gasteiger partial charge in [-0.3, -0.25) is 4.79 Å². The fourth-order valence-electron chi connectivity index (χ4n) is 4.42. The Morgan fingerprint density at radius 1 is 1.02 bits per heavy atom. The van der Waals surface area contributed by atoms with Gasteiger partial charge in [0, 0.05) is 56.8 Å². The number of carbonyl (C=O) groups is 2. The molecule has 4 rings (SSSR count). The van der Waals surface area contributed by atoms with Crippen LogP contribution in [0.5, 0.6) is 5.75 Å². The van der Waals surface area contributed by atoms with Crippen LogP contribution in [0.15, 0.2) is 71.8 Å². The Labute approximate surface area is 238 Å². The summed E-state index contributed by atoms with van der Waals surface area (Å²) in [6.07, 6.45) is 3.27. The Balaban J connectivity index is 1.55. The zero-order valence-corrected chi connectivity index (χ0v) is 24.3. The van der Waals surface area contributed by atoms with Crippen LogP contribution in [0, 0.1) is 0 Å². The lowest BCUT2D eigenvalue weighted by Gasteiger charge is -2.12. The number of hydrogen-bond donors (Lipinski definition) is 2. The maximum Gasteiger partial charge on any atom is 0.316 e. The number of nitrogens with zero attached hydrogens (tertiary/aromatic N) is 2. The van der Waals surface area contributed by atoms with Crippen molar-refractivity contribution in [2.75, 3.05) is 27.7 Å². The Morgan fingerprint density at radius 3 is 2.48 bits per heavy atom. The molecule has 4 aromatic rings. The highest BCUT2D eigenvalue weighted by atomic mass is 35.5. The minimum atomic E-state index is -4.16. The van der Waals surface area contributed by atoms with Crippen molar-refractivity contribution in [3.63, 3.8) is 0 Å². The number of nitrogens with one attached hydrogen (secondary N) is 2. The lowest BCUT2D eigenvalue weighted by Crippen LogP contribution is -2.35. The van der Waals surface area contributed by atoms with Crippen molar-refractivity contribution in [1.29, 1.82) is 0 Å². The van der Waals surface area contributed by atoms with E-state index in [-0.39, 0.29) is 21.5 Å². The number of aromatic nitrogens is 1. The number of fused-ring (bicyclic) bond motifs is 1. The molecule has 0 saturated carbocycles. The molecule has 11 heteroatoms. The fraction of sp³-hybridized carbons (Fsp3) is 0.241. The molecule has 0 saturated heterocycles. The van der Waals surface area contributed by atoms with Gasteiger partial charge >= 0.3 is 6.03 Å². The van der Waals surface area contributed by atoms with Crippen LogP contribution >= 0.6 is 11.6 Å². The first-order valence-electron chi connectivity index (χ1n) is 12.5. The van der Waals surface area contributed by atoms with E-state index in [4.69, 9.17) is 16.3 Å². The summed E-state index contributed by atoms with van der Waals surface area (Å²) >= 11 is 6.01. The Kier molecular flexibility index (Phi) is 8.70. The summed E-state index contributed by atoms with van der Waals surface area (Å²) < 4.78 is 35.1. The molecule has 3 amide bonds. The Bertz CT molecular complexity index is 1680. The van der Waals surface area contributed by atoms with Gasteiger partial charge in [-0.15, -0.1) is 0 Å². The zero-order valence-electron chi connectivity index (χ0n) is 22.7. The standard InChI is InChI=1S/C29H31ClN4O5S/c1-33(2)29(36)31-14-13-19-9-12-25-23(15-19)22(18-34(25)3)16-20-10-11-21(17-26(20)39-4)28(35)32-40(37,38)27-8-6-5-7-24(27)30/h5-12,15,17-18H,13-14,16H2,1-4H3,(H,31,36)(H,32,35). The summed E-state index contributed by atoms with van der Waals surface area (Å²) in [6.45, 7) is 0.522. The van der Waals surface area contributed by atoms with E-state index < -0.39 is 15.9 Å². The van der Waals surface area contributed by atoms with Gasteiger partial charge in [-0.05, 0) is 59.5 Å². The largest absolute Gasteiger partial charge is 0.496 e. The van der Waals surface area contributed by atoms with E-state index in [1.54, 1.807) is 32.3 Å². The van der Waals surface area contributed by atoms with Crippen molar-refractivity contribution in [2.24, 2.45) is 7.05 Å². The van der Waals surface area contributed by atoms with Crippen LogP contribution in [0.1, 0.15) is 27.0 Å². The van der Waals surface area contributed by atoms with Gasteiger partial charge in [-0.25, -0.2) is 17.9 Å². The molecule has 0 aliphatic heterocycles. The monoisotopic (exact) mass is 582 g/mol. The van der Waals surface area contributed by atoms with Crippen LogP contribution in [0.4, 0.5) is 4.79 Å². The highest BCUT2D eigenvalue weighted by Gasteiger charge is 2.22. The van der Waals surface area contributed by atoms with Gasteiger partial charge in [0.1, 0.15) is 10.6 Å². The molecule has 9 nitrogen and oxygen atoms in total. The quantitative estimate of drug-likeness (QED) is 0.305. The lowest BCUT2D eigenvalue weighted by molar-refractivity contribution is 0.0981. The molecular formula is C29H31ClN4O5S. The van der Waals surface area contributed by atoms with Crippen LogP contribution in [0.2, 0.25) is 5.02 Å². The molecule has 0 fully saturated rings. The Morgan fingerprint density at radius 2 is 1.77 bits per heavy atom. The molecule has 40 heavy (non-hydrogen) atoms. The zero-order chi connectivity index (χ0) is 29.0. The van der Waals surface area contributed by atoms with E-state index in [2.05, 4.69) is 39.0 Å². The highest BCUT2D eigenvalue weighted by molar-refractivity contribution is 7.90. The number of hydrogen-bond acceptors (Lipinski definition) is 5. The van der Waals surface area contributed by atoms with Crippen molar-refractivity contribution >= 4 is 44.5 Å². The Hall–Kier alpha value is -4.02. The third-order valence-electron chi connectivity index (χ3n) is 6.52. The van der Waals surface area contributed by atoms with Crippen LogP contribution in [-0.4, -0.2) is 57.6 Å². The molecule has 0 bridgehead atoms. The number of halogens is 1. The highest BCUT2D eigenvalue weighted by Crippen LogP contribution is 2.29. The van der Waals surface area contributed by atoms with Crippen molar-refractivity contribution in [3.05, 3.63) is 94.1 Å². The number of methoxy groups -OCH3 is 1. The maximum atomic E-state index is 12.8. The molecule has 0 spiro atoms. The van der Waals surface area contributed by atoms with Crippen molar-refractivity contribution in [3.8, 4) is 5.75 Å². The van der Waals surface area contributed by atoms with Gasteiger partial charge in [0.05, 0.1) is 12.1 Å². The molecule has 0 aliphatic rings. The second-order valence-electron chi connectivity index (χ2n) is 9.56. The van der Waals surface area contributed by atoms with Gasteiger partial charge in [0.2, 0.25) is 0 Å². The minimum Gasteiger partial charge on any atom is -0.496 e. The lowest BCUT2D eigenvalue weighted by atomic mass is 10.00. The molecular weight excluding hydrogens is 552 g/mol.